The topological polar surface area (TPSA) is 75.7 Å². The second-order valence-electron chi connectivity index (χ2n) is 7.21. The number of halogens is 1. The predicted octanol–water partition coefficient (Wildman–Crippen LogP) is 4.95. The zero-order chi connectivity index (χ0) is 23.7. The number of rotatable bonds is 11. The van der Waals surface area contributed by atoms with Gasteiger partial charge in [-0.15, -0.1) is 0 Å². The molecule has 0 spiro atoms. The van der Waals surface area contributed by atoms with Gasteiger partial charge in [-0.3, -0.25) is 9.10 Å². The number of thioether (sulfide) groups is 1. The Morgan fingerprint density at radius 1 is 0.970 bits per heavy atom. The number of para-hydroxylation sites is 1. The van der Waals surface area contributed by atoms with Gasteiger partial charge in [0.25, 0.3) is 0 Å². The van der Waals surface area contributed by atoms with Crippen LogP contribution in [0.15, 0.2) is 78.9 Å². The van der Waals surface area contributed by atoms with E-state index in [0.29, 0.717) is 34.5 Å². The average Bonchev–Trinajstić information content (AvgIpc) is 2.79. The summed E-state index contributed by atoms with van der Waals surface area (Å²) < 4.78 is 31.4. The second-order valence-corrected chi connectivity index (χ2v) is 10.7. The van der Waals surface area contributed by atoms with Crippen molar-refractivity contribution in [1.29, 1.82) is 0 Å². The van der Waals surface area contributed by atoms with Gasteiger partial charge in [-0.2, -0.15) is 11.8 Å². The lowest BCUT2D eigenvalue weighted by atomic mass is 10.2. The standard InChI is InChI=1S/C24H25ClN2O4S2/c1-33(29,30)27(21-11-13-23(14-12-21)31-22-5-3-2-4-6-22)17-24(28)26-15-16-32-18-19-7-9-20(25)10-8-19/h2-14H,15-18H2,1H3,(H,26,28). The zero-order valence-electron chi connectivity index (χ0n) is 18.1. The van der Waals surface area contributed by atoms with Crippen molar-refractivity contribution < 1.29 is 17.9 Å². The molecule has 0 unspecified atom stereocenters. The van der Waals surface area contributed by atoms with Crippen molar-refractivity contribution in [3.05, 3.63) is 89.4 Å². The number of hydrogen-bond donors (Lipinski definition) is 1. The van der Waals surface area contributed by atoms with Gasteiger partial charge in [0, 0.05) is 23.1 Å². The number of amides is 1. The predicted molar refractivity (Wildman–Crippen MR) is 136 cm³/mol. The van der Waals surface area contributed by atoms with E-state index in [1.54, 1.807) is 36.0 Å². The van der Waals surface area contributed by atoms with Gasteiger partial charge in [-0.1, -0.05) is 41.9 Å². The molecule has 0 aliphatic rings. The number of ether oxygens (including phenoxy) is 1. The summed E-state index contributed by atoms with van der Waals surface area (Å²) in [6.07, 6.45) is 1.08. The van der Waals surface area contributed by atoms with Crippen LogP contribution in [0.1, 0.15) is 5.56 Å². The molecule has 3 aromatic rings. The number of carbonyl (C=O) groups is 1. The molecule has 0 atom stereocenters. The normalized spacial score (nSPS) is 11.1. The third-order valence-electron chi connectivity index (χ3n) is 4.54. The smallest absolute Gasteiger partial charge is 0.240 e. The van der Waals surface area contributed by atoms with Gasteiger partial charge in [0.05, 0.1) is 11.9 Å². The van der Waals surface area contributed by atoms with E-state index >= 15 is 0 Å². The van der Waals surface area contributed by atoms with Crippen LogP contribution in [0.5, 0.6) is 11.5 Å². The molecular formula is C24H25ClN2O4S2. The summed E-state index contributed by atoms with van der Waals surface area (Å²) >= 11 is 7.55. The Balaban J connectivity index is 1.50. The van der Waals surface area contributed by atoms with Gasteiger partial charge in [-0.05, 0) is 54.1 Å². The summed E-state index contributed by atoms with van der Waals surface area (Å²) in [7, 11) is -3.64. The minimum absolute atomic E-state index is 0.292. The maximum absolute atomic E-state index is 12.4. The molecule has 0 aliphatic heterocycles. The van der Waals surface area contributed by atoms with Crippen LogP contribution in [0.25, 0.3) is 0 Å². The largest absolute Gasteiger partial charge is 0.457 e. The van der Waals surface area contributed by atoms with E-state index in [4.69, 9.17) is 16.3 Å². The molecule has 174 valence electrons. The number of hydrogen-bond acceptors (Lipinski definition) is 5. The molecule has 0 aliphatic carbocycles. The number of anilines is 1. The molecule has 0 saturated heterocycles. The van der Waals surface area contributed by atoms with E-state index < -0.39 is 10.0 Å². The molecule has 0 aromatic heterocycles. The number of carbonyl (C=O) groups excluding carboxylic acids is 1. The molecule has 1 amide bonds. The highest BCUT2D eigenvalue weighted by Crippen LogP contribution is 2.25. The maximum atomic E-state index is 12.4. The highest BCUT2D eigenvalue weighted by atomic mass is 35.5. The summed E-state index contributed by atoms with van der Waals surface area (Å²) in [6, 6.07) is 23.5. The molecule has 3 aromatic carbocycles. The molecule has 0 heterocycles. The molecule has 6 nitrogen and oxygen atoms in total. The molecule has 33 heavy (non-hydrogen) atoms. The van der Waals surface area contributed by atoms with E-state index in [2.05, 4.69) is 5.32 Å². The molecule has 1 N–H and O–H groups in total. The van der Waals surface area contributed by atoms with Crippen molar-refractivity contribution in [3.8, 4) is 11.5 Å². The minimum Gasteiger partial charge on any atom is -0.457 e. The summed E-state index contributed by atoms with van der Waals surface area (Å²) in [6.45, 7) is 0.151. The van der Waals surface area contributed by atoms with Crippen molar-refractivity contribution in [2.75, 3.05) is 29.4 Å². The van der Waals surface area contributed by atoms with E-state index in [-0.39, 0.29) is 12.5 Å². The quantitative estimate of drug-likeness (QED) is 0.374. The molecule has 3 rings (SSSR count). The van der Waals surface area contributed by atoms with Gasteiger partial charge in [0.2, 0.25) is 15.9 Å². The fraction of sp³-hybridized carbons (Fsp3) is 0.208. The molecular weight excluding hydrogens is 480 g/mol. The Morgan fingerprint density at radius 3 is 2.24 bits per heavy atom. The van der Waals surface area contributed by atoms with Gasteiger partial charge in [0.15, 0.2) is 0 Å². The molecule has 0 saturated carbocycles. The number of benzene rings is 3. The first-order chi connectivity index (χ1) is 15.8. The third-order valence-corrected chi connectivity index (χ3v) is 6.96. The Labute approximate surface area is 204 Å². The van der Waals surface area contributed by atoms with Gasteiger partial charge >= 0.3 is 0 Å². The van der Waals surface area contributed by atoms with E-state index in [9.17, 15) is 13.2 Å². The van der Waals surface area contributed by atoms with Gasteiger partial charge in [-0.25, -0.2) is 8.42 Å². The first-order valence-electron chi connectivity index (χ1n) is 10.2. The average molecular weight is 505 g/mol. The summed E-state index contributed by atoms with van der Waals surface area (Å²) in [5.41, 5.74) is 1.55. The van der Waals surface area contributed by atoms with Gasteiger partial charge < -0.3 is 10.1 Å². The Hall–Kier alpha value is -2.68. The van der Waals surface area contributed by atoms with Crippen LogP contribution in [0.4, 0.5) is 5.69 Å². The summed E-state index contributed by atoms with van der Waals surface area (Å²) in [4.78, 5) is 12.4. The fourth-order valence-electron chi connectivity index (χ4n) is 2.92. The zero-order valence-corrected chi connectivity index (χ0v) is 20.5. The second kappa shape index (κ2) is 12.0. The lowest BCUT2D eigenvalue weighted by Crippen LogP contribution is -2.41. The summed E-state index contributed by atoms with van der Waals surface area (Å²) in [5, 5.41) is 3.48. The van der Waals surface area contributed by atoms with Crippen LogP contribution in [-0.2, 0) is 20.6 Å². The molecule has 0 bridgehead atoms. The highest BCUT2D eigenvalue weighted by molar-refractivity contribution is 7.98. The van der Waals surface area contributed by atoms with Crippen molar-refractivity contribution in [1.82, 2.24) is 5.32 Å². The number of nitrogens with one attached hydrogen (secondary N) is 1. The number of sulfonamides is 1. The van der Waals surface area contributed by atoms with Gasteiger partial charge in [0.1, 0.15) is 18.0 Å². The van der Waals surface area contributed by atoms with Crippen LogP contribution >= 0.6 is 23.4 Å². The lowest BCUT2D eigenvalue weighted by Gasteiger charge is -2.22. The van der Waals surface area contributed by atoms with E-state index in [1.165, 1.54) is 0 Å². The molecule has 0 radical (unpaired) electrons. The monoisotopic (exact) mass is 504 g/mol. The SMILES string of the molecule is CS(=O)(=O)N(CC(=O)NCCSCc1ccc(Cl)cc1)c1ccc(Oc2ccccc2)cc1. The minimum atomic E-state index is -3.64. The van der Waals surface area contributed by atoms with Crippen LogP contribution in [-0.4, -0.2) is 39.4 Å². The lowest BCUT2D eigenvalue weighted by molar-refractivity contribution is -0.119. The first kappa shape index (κ1) is 25.0. The Morgan fingerprint density at radius 2 is 1.61 bits per heavy atom. The number of nitrogens with zero attached hydrogens (tertiary/aromatic N) is 1. The van der Waals surface area contributed by atoms with Crippen LogP contribution in [0.2, 0.25) is 5.02 Å². The maximum Gasteiger partial charge on any atom is 0.240 e. The first-order valence-corrected chi connectivity index (χ1v) is 13.6. The van der Waals surface area contributed by atoms with Crippen molar-refractivity contribution in [2.24, 2.45) is 0 Å². The highest BCUT2D eigenvalue weighted by Gasteiger charge is 2.20. The van der Waals surface area contributed by atoms with Crippen LogP contribution in [0, 0.1) is 0 Å². The van der Waals surface area contributed by atoms with E-state index in [1.807, 2.05) is 54.6 Å². The van der Waals surface area contributed by atoms with Crippen molar-refractivity contribution >= 4 is 45.0 Å². The Bertz CT molecular complexity index is 1140. The van der Waals surface area contributed by atoms with E-state index in [0.717, 1.165) is 21.9 Å². The molecule has 0 fully saturated rings. The van der Waals surface area contributed by atoms with Crippen LogP contribution in [0.3, 0.4) is 0 Å². The van der Waals surface area contributed by atoms with Crippen LogP contribution < -0.4 is 14.4 Å². The van der Waals surface area contributed by atoms with Crippen molar-refractivity contribution in [2.45, 2.75) is 5.75 Å². The van der Waals surface area contributed by atoms with Crippen molar-refractivity contribution in [3.63, 3.8) is 0 Å². The fourth-order valence-corrected chi connectivity index (χ4v) is 4.73. The third kappa shape index (κ3) is 8.31. The summed E-state index contributed by atoms with van der Waals surface area (Å²) in [5.74, 6) is 2.40. The molecule has 9 heteroatoms. The Kier molecular flexibility index (Phi) is 9.05.